The van der Waals surface area contributed by atoms with Crippen LogP contribution in [0.3, 0.4) is 0 Å². The number of aromatic nitrogens is 1. The zero-order valence-corrected chi connectivity index (χ0v) is 12.7. The van der Waals surface area contributed by atoms with Gasteiger partial charge in [0.1, 0.15) is 5.82 Å². The Morgan fingerprint density at radius 1 is 1.13 bits per heavy atom. The number of nitrogens with one attached hydrogen (secondary N) is 1. The molecule has 0 saturated carbocycles. The molecule has 0 radical (unpaired) electrons. The molecule has 1 aliphatic rings. The fourth-order valence-electron chi connectivity index (χ4n) is 3.30. The summed E-state index contributed by atoms with van der Waals surface area (Å²) in [5.41, 5.74) is 3.69. The molecule has 4 heteroatoms. The van der Waals surface area contributed by atoms with E-state index < -0.39 is 0 Å². The first-order chi connectivity index (χ1) is 11.2. The Morgan fingerprint density at radius 2 is 1.96 bits per heavy atom. The van der Waals surface area contributed by atoms with Crippen LogP contribution in [0.25, 0.3) is 10.9 Å². The van der Waals surface area contributed by atoms with Gasteiger partial charge in [0.05, 0.1) is 0 Å². The zero-order chi connectivity index (χ0) is 15.8. The standard InChI is InChI=1S/C19H17FN2O/c20-14-6-7-17-16(10-14)19(23)15-8-9-22(12-18(15)21-17)11-13-4-2-1-3-5-13/h1-7,10H,8-9,11-12H2,(H,21,23). The van der Waals surface area contributed by atoms with Gasteiger partial charge in [-0.25, -0.2) is 4.39 Å². The number of hydrogen-bond donors (Lipinski definition) is 1. The van der Waals surface area contributed by atoms with E-state index in [-0.39, 0.29) is 11.2 Å². The number of benzene rings is 2. The maximum Gasteiger partial charge on any atom is 0.193 e. The summed E-state index contributed by atoms with van der Waals surface area (Å²) in [6.07, 6.45) is 0.698. The zero-order valence-electron chi connectivity index (χ0n) is 12.7. The van der Waals surface area contributed by atoms with Gasteiger partial charge in [-0.2, -0.15) is 0 Å². The summed E-state index contributed by atoms with van der Waals surface area (Å²) in [6, 6.07) is 14.7. The molecular formula is C19H17FN2O. The van der Waals surface area contributed by atoms with Crippen LogP contribution in [0, 0.1) is 5.82 Å². The summed E-state index contributed by atoms with van der Waals surface area (Å²) in [5, 5.41) is 0.445. The third-order valence-corrected chi connectivity index (χ3v) is 4.46. The number of nitrogens with zero attached hydrogens (tertiary/aromatic N) is 1. The van der Waals surface area contributed by atoms with Crippen LogP contribution in [-0.2, 0) is 19.5 Å². The molecule has 4 rings (SSSR count). The molecule has 0 spiro atoms. The molecule has 0 amide bonds. The van der Waals surface area contributed by atoms with E-state index in [0.29, 0.717) is 23.9 Å². The molecule has 1 N–H and O–H groups in total. The molecule has 0 saturated heterocycles. The predicted molar refractivity (Wildman–Crippen MR) is 88.8 cm³/mol. The topological polar surface area (TPSA) is 36.1 Å². The van der Waals surface area contributed by atoms with Gasteiger partial charge in [-0.05, 0) is 30.2 Å². The van der Waals surface area contributed by atoms with E-state index in [1.165, 1.54) is 17.7 Å². The second-order valence-corrected chi connectivity index (χ2v) is 6.05. The van der Waals surface area contributed by atoms with Crippen LogP contribution in [0.1, 0.15) is 16.8 Å². The molecule has 1 aliphatic heterocycles. The third kappa shape index (κ3) is 2.66. The van der Waals surface area contributed by atoms with Crippen molar-refractivity contribution < 1.29 is 4.39 Å². The maximum atomic E-state index is 13.4. The van der Waals surface area contributed by atoms with Crippen LogP contribution >= 0.6 is 0 Å². The molecule has 2 heterocycles. The lowest BCUT2D eigenvalue weighted by molar-refractivity contribution is 0.241. The highest BCUT2D eigenvalue weighted by Crippen LogP contribution is 2.20. The Bertz CT molecular complexity index is 918. The lowest BCUT2D eigenvalue weighted by Gasteiger charge is -2.28. The van der Waals surface area contributed by atoms with Crippen molar-refractivity contribution in [2.75, 3.05) is 6.54 Å². The van der Waals surface area contributed by atoms with Crippen LogP contribution in [0.5, 0.6) is 0 Å². The normalized spacial score (nSPS) is 14.8. The molecule has 0 unspecified atom stereocenters. The first-order valence-electron chi connectivity index (χ1n) is 7.80. The summed E-state index contributed by atoms with van der Waals surface area (Å²) in [4.78, 5) is 18.2. The van der Waals surface area contributed by atoms with Crippen molar-refractivity contribution in [2.45, 2.75) is 19.5 Å². The number of halogens is 1. The quantitative estimate of drug-likeness (QED) is 0.789. The van der Waals surface area contributed by atoms with E-state index in [1.807, 2.05) is 18.2 Å². The highest BCUT2D eigenvalue weighted by Gasteiger charge is 2.20. The van der Waals surface area contributed by atoms with Gasteiger partial charge < -0.3 is 4.98 Å². The molecule has 0 bridgehead atoms. The lowest BCUT2D eigenvalue weighted by atomic mass is 10.0. The molecule has 23 heavy (non-hydrogen) atoms. The largest absolute Gasteiger partial charge is 0.357 e. The van der Waals surface area contributed by atoms with Gasteiger partial charge in [0.25, 0.3) is 0 Å². The molecular weight excluding hydrogens is 291 g/mol. The van der Waals surface area contributed by atoms with Crippen molar-refractivity contribution >= 4 is 10.9 Å². The van der Waals surface area contributed by atoms with E-state index in [2.05, 4.69) is 22.0 Å². The Hall–Kier alpha value is -2.46. The Morgan fingerprint density at radius 3 is 2.78 bits per heavy atom. The van der Waals surface area contributed by atoms with Gasteiger partial charge in [-0.3, -0.25) is 9.69 Å². The summed E-state index contributed by atoms with van der Waals surface area (Å²) in [6.45, 7) is 2.42. The monoisotopic (exact) mass is 308 g/mol. The van der Waals surface area contributed by atoms with Gasteiger partial charge in [0, 0.05) is 41.8 Å². The number of H-pyrrole nitrogens is 1. The second-order valence-electron chi connectivity index (χ2n) is 6.05. The van der Waals surface area contributed by atoms with Crippen LogP contribution in [0.15, 0.2) is 53.3 Å². The molecule has 0 atom stereocenters. The SMILES string of the molecule is O=c1c2c([nH]c3ccc(F)cc13)CN(Cc1ccccc1)CC2. The minimum atomic E-state index is -0.371. The average molecular weight is 308 g/mol. The van der Waals surface area contributed by atoms with Gasteiger partial charge >= 0.3 is 0 Å². The van der Waals surface area contributed by atoms with Crippen molar-refractivity contribution in [1.82, 2.24) is 9.88 Å². The lowest BCUT2D eigenvalue weighted by Crippen LogP contribution is -2.34. The van der Waals surface area contributed by atoms with Gasteiger partial charge in [0.2, 0.25) is 0 Å². The average Bonchev–Trinajstić information content (AvgIpc) is 2.57. The third-order valence-electron chi connectivity index (χ3n) is 4.46. The fourth-order valence-corrected chi connectivity index (χ4v) is 3.30. The summed E-state index contributed by atoms with van der Waals surface area (Å²) in [5.74, 6) is -0.371. The fraction of sp³-hybridized carbons (Fsp3) is 0.211. The van der Waals surface area contributed by atoms with Crippen molar-refractivity contribution in [1.29, 1.82) is 0 Å². The van der Waals surface area contributed by atoms with E-state index in [4.69, 9.17) is 0 Å². The first-order valence-corrected chi connectivity index (χ1v) is 7.80. The molecule has 2 aromatic carbocycles. The molecule has 3 nitrogen and oxygen atoms in total. The molecule has 116 valence electrons. The first kappa shape index (κ1) is 14.2. The van der Waals surface area contributed by atoms with Crippen LogP contribution in [0.2, 0.25) is 0 Å². The molecule has 0 aliphatic carbocycles. The molecule has 3 aromatic rings. The Kier molecular flexibility index (Phi) is 3.46. The molecule has 1 aromatic heterocycles. The second kappa shape index (κ2) is 5.63. The van der Waals surface area contributed by atoms with Crippen LogP contribution in [-0.4, -0.2) is 16.4 Å². The highest BCUT2D eigenvalue weighted by molar-refractivity contribution is 5.79. The Balaban J connectivity index is 1.68. The summed E-state index contributed by atoms with van der Waals surface area (Å²) >= 11 is 0. The Labute approximate surface area is 133 Å². The minimum Gasteiger partial charge on any atom is -0.357 e. The van der Waals surface area contributed by atoms with Crippen molar-refractivity contribution in [2.24, 2.45) is 0 Å². The van der Waals surface area contributed by atoms with E-state index in [9.17, 15) is 9.18 Å². The minimum absolute atomic E-state index is 0.0346. The number of hydrogen-bond acceptors (Lipinski definition) is 2. The summed E-state index contributed by atoms with van der Waals surface area (Å²) in [7, 11) is 0. The van der Waals surface area contributed by atoms with E-state index in [1.54, 1.807) is 6.07 Å². The van der Waals surface area contributed by atoms with Crippen LogP contribution < -0.4 is 5.43 Å². The predicted octanol–water partition coefficient (Wildman–Crippen LogP) is 3.23. The van der Waals surface area contributed by atoms with E-state index >= 15 is 0 Å². The summed E-state index contributed by atoms with van der Waals surface area (Å²) < 4.78 is 13.4. The molecule has 0 fully saturated rings. The van der Waals surface area contributed by atoms with Gasteiger partial charge in [-0.15, -0.1) is 0 Å². The highest BCUT2D eigenvalue weighted by atomic mass is 19.1. The number of aromatic amines is 1. The maximum absolute atomic E-state index is 13.4. The van der Waals surface area contributed by atoms with E-state index in [0.717, 1.165) is 24.3 Å². The van der Waals surface area contributed by atoms with Crippen molar-refractivity contribution in [3.05, 3.63) is 81.4 Å². The smallest absolute Gasteiger partial charge is 0.193 e. The number of pyridine rings is 1. The van der Waals surface area contributed by atoms with Crippen molar-refractivity contribution in [3.8, 4) is 0 Å². The van der Waals surface area contributed by atoms with Crippen molar-refractivity contribution in [3.63, 3.8) is 0 Å². The van der Waals surface area contributed by atoms with Gasteiger partial charge in [0.15, 0.2) is 5.43 Å². The van der Waals surface area contributed by atoms with Gasteiger partial charge in [-0.1, -0.05) is 30.3 Å². The number of rotatable bonds is 2. The van der Waals surface area contributed by atoms with Crippen LogP contribution in [0.4, 0.5) is 4.39 Å². The number of fused-ring (bicyclic) bond motifs is 2.